The van der Waals surface area contributed by atoms with Crippen molar-refractivity contribution < 1.29 is 19.2 Å². The molecule has 35 heavy (non-hydrogen) atoms. The van der Waals surface area contributed by atoms with Gasteiger partial charge in [-0.1, -0.05) is 48.5 Å². The SMILES string of the molecule is CCOc1cc(C=NNC(=O)c2cccc([N+](=O)[O-])c2)ccc1OCc1cccc2ccccc12. The number of nitrogens with one attached hydrogen (secondary N) is 1. The van der Waals surface area contributed by atoms with Crippen LogP contribution in [0.25, 0.3) is 10.8 Å². The zero-order valence-electron chi connectivity index (χ0n) is 19.0. The molecule has 4 aromatic rings. The number of amides is 1. The van der Waals surface area contributed by atoms with Crippen molar-refractivity contribution in [3.63, 3.8) is 0 Å². The van der Waals surface area contributed by atoms with E-state index in [1.165, 1.54) is 30.5 Å². The molecule has 4 aromatic carbocycles. The summed E-state index contributed by atoms with van der Waals surface area (Å²) >= 11 is 0. The molecule has 0 aliphatic heterocycles. The lowest BCUT2D eigenvalue weighted by Gasteiger charge is -2.13. The first-order valence-corrected chi connectivity index (χ1v) is 11.0. The summed E-state index contributed by atoms with van der Waals surface area (Å²) in [5.74, 6) is 0.601. The van der Waals surface area contributed by atoms with Crippen molar-refractivity contribution in [2.75, 3.05) is 6.61 Å². The molecule has 1 N–H and O–H groups in total. The Morgan fingerprint density at radius 3 is 2.60 bits per heavy atom. The Labute approximate surface area is 202 Å². The van der Waals surface area contributed by atoms with Crippen molar-refractivity contribution in [2.45, 2.75) is 13.5 Å². The van der Waals surface area contributed by atoms with Crippen LogP contribution in [0.1, 0.15) is 28.4 Å². The first kappa shape index (κ1) is 23.4. The highest BCUT2D eigenvalue weighted by atomic mass is 16.6. The summed E-state index contributed by atoms with van der Waals surface area (Å²) in [4.78, 5) is 22.6. The van der Waals surface area contributed by atoms with Crippen LogP contribution in [0.3, 0.4) is 0 Å². The smallest absolute Gasteiger partial charge is 0.271 e. The van der Waals surface area contributed by atoms with Crippen molar-refractivity contribution in [2.24, 2.45) is 5.10 Å². The summed E-state index contributed by atoms with van der Waals surface area (Å²) in [5, 5.41) is 17.1. The van der Waals surface area contributed by atoms with Gasteiger partial charge in [-0.2, -0.15) is 5.10 Å². The van der Waals surface area contributed by atoms with E-state index in [1.54, 1.807) is 18.2 Å². The Bertz CT molecular complexity index is 1400. The van der Waals surface area contributed by atoms with Crippen LogP contribution in [0, 0.1) is 10.1 Å². The molecule has 0 unspecified atom stereocenters. The van der Waals surface area contributed by atoms with Gasteiger partial charge >= 0.3 is 0 Å². The molecule has 8 heteroatoms. The topological polar surface area (TPSA) is 103 Å². The van der Waals surface area contributed by atoms with E-state index in [9.17, 15) is 14.9 Å². The molecule has 4 rings (SSSR count). The molecule has 0 aromatic heterocycles. The van der Waals surface area contributed by atoms with Crippen LogP contribution in [-0.2, 0) is 6.61 Å². The van der Waals surface area contributed by atoms with E-state index in [0.29, 0.717) is 30.3 Å². The largest absolute Gasteiger partial charge is 0.490 e. The van der Waals surface area contributed by atoms with Gasteiger partial charge in [0, 0.05) is 17.7 Å². The normalized spacial score (nSPS) is 10.9. The summed E-state index contributed by atoms with van der Waals surface area (Å²) in [5.41, 5.74) is 4.11. The molecule has 0 saturated carbocycles. The van der Waals surface area contributed by atoms with Crippen LogP contribution >= 0.6 is 0 Å². The molecule has 0 aliphatic rings. The Hall–Kier alpha value is -4.72. The second kappa shape index (κ2) is 10.9. The number of carbonyl (C=O) groups is 1. The van der Waals surface area contributed by atoms with Crippen molar-refractivity contribution in [3.05, 3.63) is 112 Å². The van der Waals surface area contributed by atoms with Crippen molar-refractivity contribution in [1.82, 2.24) is 5.43 Å². The average Bonchev–Trinajstić information content (AvgIpc) is 2.88. The third kappa shape index (κ3) is 5.80. The van der Waals surface area contributed by atoms with E-state index in [-0.39, 0.29) is 11.3 Å². The zero-order chi connectivity index (χ0) is 24.6. The lowest BCUT2D eigenvalue weighted by atomic mass is 10.1. The lowest BCUT2D eigenvalue weighted by Crippen LogP contribution is -2.17. The number of benzene rings is 4. The van der Waals surface area contributed by atoms with Gasteiger partial charge in [0.05, 0.1) is 17.7 Å². The maximum absolute atomic E-state index is 12.3. The summed E-state index contributed by atoms with van der Waals surface area (Å²) < 4.78 is 11.8. The van der Waals surface area contributed by atoms with Crippen molar-refractivity contribution in [3.8, 4) is 11.5 Å². The van der Waals surface area contributed by atoms with E-state index in [4.69, 9.17) is 9.47 Å². The monoisotopic (exact) mass is 469 g/mol. The van der Waals surface area contributed by atoms with E-state index in [2.05, 4.69) is 28.7 Å². The molecule has 0 aliphatic carbocycles. The molecular weight excluding hydrogens is 446 g/mol. The summed E-state index contributed by atoms with van der Waals surface area (Å²) in [6.45, 7) is 2.72. The summed E-state index contributed by atoms with van der Waals surface area (Å²) in [7, 11) is 0. The minimum Gasteiger partial charge on any atom is -0.490 e. The number of non-ortho nitro benzene ring substituents is 1. The van der Waals surface area contributed by atoms with Gasteiger partial charge in [0.25, 0.3) is 11.6 Å². The summed E-state index contributed by atoms with van der Waals surface area (Å²) in [6.07, 6.45) is 1.46. The number of carbonyl (C=O) groups excluding carboxylic acids is 1. The van der Waals surface area contributed by atoms with Crippen LogP contribution in [0.2, 0.25) is 0 Å². The average molecular weight is 469 g/mol. The Kier molecular flexibility index (Phi) is 7.32. The zero-order valence-corrected chi connectivity index (χ0v) is 19.0. The Morgan fingerprint density at radius 2 is 1.77 bits per heavy atom. The maximum Gasteiger partial charge on any atom is 0.271 e. The summed E-state index contributed by atoms with van der Waals surface area (Å²) in [6, 6.07) is 25.0. The fourth-order valence-corrected chi connectivity index (χ4v) is 3.56. The van der Waals surface area contributed by atoms with Crippen molar-refractivity contribution in [1.29, 1.82) is 0 Å². The van der Waals surface area contributed by atoms with Crippen LogP contribution in [0.4, 0.5) is 5.69 Å². The molecule has 0 radical (unpaired) electrons. The maximum atomic E-state index is 12.3. The molecule has 176 valence electrons. The van der Waals surface area contributed by atoms with E-state index in [1.807, 2.05) is 31.2 Å². The molecule has 1 amide bonds. The predicted molar refractivity (Wildman–Crippen MR) is 134 cm³/mol. The molecule has 0 spiro atoms. The second-order valence-electron chi connectivity index (χ2n) is 7.57. The van der Waals surface area contributed by atoms with Crippen LogP contribution in [-0.4, -0.2) is 23.7 Å². The van der Waals surface area contributed by atoms with Gasteiger partial charge in [-0.25, -0.2) is 5.43 Å². The molecule has 0 bridgehead atoms. The van der Waals surface area contributed by atoms with E-state index in [0.717, 1.165) is 16.3 Å². The second-order valence-corrected chi connectivity index (χ2v) is 7.57. The van der Waals surface area contributed by atoms with Gasteiger partial charge in [0.2, 0.25) is 0 Å². The van der Waals surface area contributed by atoms with Crippen LogP contribution in [0.15, 0.2) is 90.0 Å². The van der Waals surface area contributed by atoms with Crippen LogP contribution < -0.4 is 14.9 Å². The quantitative estimate of drug-likeness (QED) is 0.198. The number of ether oxygens (including phenoxy) is 2. The van der Waals surface area contributed by atoms with Gasteiger partial charge in [0.1, 0.15) is 6.61 Å². The minimum absolute atomic E-state index is 0.142. The van der Waals surface area contributed by atoms with Gasteiger partial charge in [-0.3, -0.25) is 14.9 Å². The molecule has 0 fully saturated rings. The molecular formula is C27H23N3O5. The first-order valence-electron chi connectivity index (χ1n) is 11.0. The third-order valence-electron chi connectivity index (χ3n) is 5.23. The molecule has 0 atom stereocenters. The standard InChI is InChI=1S/C27H23N3O5/c1-2-34-26-15-19(17-28-29-27(31)21-9-6-11-23(16-21)30(32)33)13-14-25(26)35-18-22-10-5-8-20-7-3-4-12-24(20)22/h3-17H,2,18H2,1H3,(H,29,31). The number of nitrogens with zero attached hydrogens (tertiary/aromatic N) is 2. The minimum atomic E-state index is -0.556. The fourth-order valence-electron chi connectivity index (χ4n) is 3.56. The number of hydrogen-bond acceptors (Lipinski definition) is 6. The number of rotatable bonds is 9. The highest BCUT2D eigenvalue weighted by molar-refractivity contribution is 5.95. The van der Waals surface area contributed by atoms with Crippen LogP contribution in [0.5, 0.6) is 11.5 Å². The van der Waals surface area contributed by atoms with Gasteiger partial charge in [-0.05, 0) is 53.1 Å². The van der Waals surface area contributed by atoms with Gasteiger partial charge < -0.3 is 9.47 Å². The number of hydrazone groups is 1. The Balaban J connectivity index is 1.45. The Morgan fingerprint density at radius 1 is 0.971 bits per heavy atom. The number of nitro benzene ring substituents is 1. The lowest BCUT2D eigenvalue weighted by molar-refractivity contribution is -0.384. The molecule has 0 saturated heterocycles. The first-order chi connectivity index (χ1) is 17.0. The molecule has 0 heterocycles. The van der Waals surface area contributed by atoms with Gasteiger partial charge in [-0.15, -0.1) is 0 Å². The fraction of sp³-hybridized carbons (Fsp3) is 0.111. The van der Waals surface area contributed by atoms with Gasteiger partial charge in [0.15, 0.2) is 11.5 Å². The third-order valence-corrected chi connectivity index (χ3v) is 5.23. The molecule has 8 nitrogen and oxygen atoms in total. The highest BCUT2D eigenvalue weighted by Gasteiger charge is 2.11. The highest BCUT2D eigenvalue weighted by Crippen LogP contribution is 2.30. The van der Waals surface area contributed by atoms with E-state index < -0.39 is 10.8 Å². The van der Waals surface area contributed by atoms with E-state index >= 15 is 0 Å². The number of fused-ring (bicyclic) bond motifs is 1. The number of nitro groups is 1. The van der Waals surface area contributed by atoms with Crippen molar-refractivity contribution >= 4 is 28.6 Å². The predicted octanol–water partition coefficient (Wildman–Crippen LogP) is 5.49. The number of hydrogen-bond donors (Lipinski definition) is 1.